The minimum Gasteiger partial charge on any atom is -0.342 e. The van der Waals surface area contributed by atoms with Crippen molar-refractivity contribution in [1.29, 1.82) is 0 Å². The molecular formula is C10H15NO. The van der Waals surface area contributed by atoms with E-state index in [-0.39, 0.29) is 5.91 Å². The van der Waals surface area contributed by atoms with Gasteiger partial charge in [0.25, 0.3) is 0 Å². The van der Waals surface area contributed by atoms with Crippen LogP contribution in [-0.2, 0) is 4.79 Å². The zero-order valence-electron chi connectivity index (χ0n) is 7.71. The fourth-order valence-corrected chi connectivity index (χ4v) is 1.12. The Morgan fingerprint density at radius 3 is 3.00 bits per heavy atom. The van der Waals surface area contributed by atoms with E-state index in [0.29, 0.717) is 0 Å². The van der Waals surface area contributed by atoms with Gasteiger partial charge in [0.15, 0.2) is 0 Å². The average molecular weight is 165 g/mol. The van der Waals surface area contributed by atoms with Crippen LogP contribution in [0.3, 0.4) is 0 Å². The van der Waals surface area contributed by atoms with Gasteiger partial charge in [-0.3, -0.25) is 4.79 Å². The zero-order chi connectivity index (χ0) is 8.97. The van der Waals surface area contributed by atoms with Crippen molar-refractivity contribution in [3.63, 3.8) is 0 Å². The molecule has 2 heteroatoms. The molecule has 1 aliphatic carbocycles. The van der Waals surface area contributed by atoms with E-state index in [9.17, 15) is 4.79 Å². The summed E-state index contributed by atoms with van der Waals surface area (Å²) < 4.78 is 0. The minimum atomic E-state index is 0.119. The lowest BCUT2D eigenvalue weighted by atomic mass is 10.2. The van der Waals surface area contributed by atoms with Gasteiger partial charge < -0.3 is 4.90 Å². The maximum absolute atomic E-state index is 10.8. The van der Waals surface area contributed by atoms with Crippen LogP contribution in [0.2, 0.25) is 0 Å². The molecule has 0 aromatic heterocycles. The zero-order valence-corrected chi connectivity index (χ0v) is 7.71. The van der Waals surface area contributed by atoms with Crippen LogP contribution < -0.4 is 0 Å². The highest BCUT2D eigenvalue weighted by atomic mass is 16.2. The molecule has 0 bridgehead atoms. The predicted octanol–water partition coefficient (Wildman–Crippen LogP) is 1.74. The van der Waals surface area contributed by atoms with E-state index >= 15 is 0 Å². The number of carbonyl (C=O) groups excluding carboxylic acids is 1. The summed E-state index contributed by atoms with van der Waals surface area (Å²) >= 11 is 0. The molecule has 66 valence electrons. The Labute approximate surface area is 73.6 Å². The van der Waals surface area contributed by atoms with Gasteiger partial charge in [0, 0.05) is 20.5 Å². The molecule has 1 rings (SSSR count). The van der Waals surface area contributed by atoms with Crippen LogP contribution >= 0.6 is 0 Å². The van der Waals surface area contributed by atoms with E-state index in [1.807, 2.05) is 7.05 Å². The fourth-order valence-electron chi connectivity index (χ4n) is 1.12. The molecule has 1 amide bonds. The van der Waals surface area contributed by atoms with Gasteiger partial charge in [0.1, 0.15) is 0 Å². The van der Waals surface area contributed by atoms with E-state index < -0.39 is 0 Å². The van der Waals surface area contributed by atoms with Crippen LogP contribution in [0, 0.1) is 0 Å². The molecule has 0 spiro atoms. The average Bonchev–Trinajstić information content (AvgIpc) is 2.51. The number of allylic oxidation sites excluding steroid dienone is 3. The molecule has 0 unspecified atom stereocenters. The van der Waals surface area contributed by atoms with Crippen LogP contribution in [0.25, 0.3) is 0 Å². The van der Waals surface area contributed by atoms with Crippen molar-refractivity contribution in [3.05, 3.63) is 23.8 Å². The Hall–Kier alpha value is -1.05. The molecular weight excluding hydrogens is 150 g/mol. The molecule has 0 radical (unpaired) electrons. The number of nitrogens with zero attached hydrogens (tertiary/aromatic N) is 1. The molecule has 0 N–H and O–H groups in total. The Morgan fingerprint density at radius 2 is 2.50 bits per heavy atom. The highest BCUT2D eigenvalue weighted by molar-refractivity contribution is 5.73. The summed E-state index contributed by atoms with van der Waals surface area (Å²) in [5.41, 5.74) is 1.35. The number of hydrogen-bond donors (Lipinski definition) is 0. The second kappa shape index (κ2) is 4.10. The monoisotopic (exact) mass is 165 g/mol. The smallest absolute Gasteiger partial charge is 0.219 e. The third-order valence-corrected chi connectivity index (χ3v) is 2.10. The largest absolute Gasteiger partial charge is 0.342 e. The molecule has 12 heavy (non-hydrogen) atoms. The Balaban J connectivity index is 2.37. The Bertz CT molecular complexity index is 228. The maximum atomic E-state index is 10.8. The lowest BCUT2D eigenvalue weighted by molar-refractivity contribution is -0.127. The summed E-state index contributed by atoms with van der Waals surface area (Å²) in [6, 6.07) is 0. The van der Waals surface area contributed by atoms with Crippen LogP contribution in [0.5, 0.6) is 0 Å². The van der Waals surface area contributed by atoms with Crippen LogP contribution in [0.1, 0.15) is 19.8 Å². The van der Waals surface area contributed by atoms with E-state index in [0.717, 1.165) is 19.4 Å². The topological polar surface area (TPSA) is 20.3 Å². The minimum absolute atomic E-state index is 0.119. The number of rotatable bonds is 2. The highest BCUT2D eigenvalue weighted by Crippen LogP contribution is 2.14. The van der Waals surface area contributed by atoms with Crippen molar-refractivity contribution in [2.45, 2.75) is 19.8 Å². The van der Waals surface area contributed by atoms with Crippen LogP contribution in [-0.4, -0.2) is 24.4 Å². The molecule has 0 aliphatic heterocycles. The summed E-state index contributed by atoms with van der Waals surface area (Å²) in [6.07, 6.45) is 8.69. The van der Waals surface area contributed by atoms with E-state index in [1.54, 1.807) is 11.8 Å². The molecule has 0 fully saturated rings. The van der Waals surface area contributed by atoms with Crippen LogP contribution in [0.4, 0.5) is 0 Å². The Morgan fingerprint density at radius 1 is 1.75 bits per heavy atom. The first kappa shape index (κ1) is 9.04. The second-order valence-electron chi connectivity index (χ2n) is 3.12. The van der Waals surface area contributed by atoms with Crippen molar-refractivity contribution in [3.8, 4) is 0 Å². The standard InChI is InChI=1S/C10H15NO/c1-9(12)11(2)8-7-10-5-3-4-6-10/h3,5,7H,4,6,8H2,1-2H3/b10-7+. The lowest BCUT2D eigenvalue weighted by Gasteiger charge is -2.11. The van der Waals surface area contributed by atoms with E-state index in [2.05, 4.69) is 18.2 Å². The third-order valence-electron chi connectivity index (χ3n) is 2.10. The fraction of sp³-hybridized carbons (Fsp3) is 0.500. The molecule has 1 aliphatic rings. The van der Waals surface area contributed by atoms with Crippen molar-refractivity contribution < 1.29 is 4.79 Å². The molecule has 0 saturated carbocycles. The lowest BCUT2D eigenvalue weighted by Crippen LogP contribution is -2.23. The van der Waals surface area contributed by atoms with Crippen molar-refractivity contribution in [2.24, 2.45) is 0 Å². The SMILES string of the molecule is CC(=O)N(C)C/C=C1\C=CCC1. The third kappa shape index (κ3) is 2.53. The first-order chi connectivity index (χ1) is 5.70. The van der Waals surface area contributed by atoms with Gasteiger partial charge >= 0.3 is 0 Å². The summed E-state index contributed by atoms with van der Waals surface area (Å²) in [5.74, 6) is 0.119. The molecule has 0 aromatic carbocycles. The number of amides is 1. The molecule has 0 aromatic rings. The molecule has 2 nitrogen and oxygen atoms in total. The van der Waals surface area contributed by atoms with Gasteiger partial charge in [-0.2, -0.15) is 0 Å². The summed E-state index contributed by atoms with van der Waals surface area (Å²) in [7, 11) is 1.82. The molecule has 0 heterocycles. The summed E-state index contributed by atoms with van der Waals surface area (Å²) in [6.45, 7) is 2.32. The second-order valence-corrected chi connectivity index (χ2v) is 3.12. The first-order valence-electron chi connectivity index (χ1n) is 4.27. The maximum Gasteiger partial charge on any atom is 0.219 e. The van der Waals surface area contributed by atoms with Gasteiger partial charge in [-0.1, -0.05) is 23.8 Å². The van der Waals surface area contributed by atoms with Crippen molar-refractivity contribution >= 4 is 5.91 Å². The van der Waals surface area contributed by atoms with E-state index in [1.165, 1.54) is 5.57 Å². The summed E-state index contributed by atoms with van der Waals surface area (Å²) in [5, 5.41) is 0. The van der Waals surface area contributed by atoms with Gasteiger partial charge in [0.05, 0.1) is 0 Å². The van der Waals surface area contributed by atoms with Gasteiger partial charge in [-0.05, 0) is 12.8 Å². The van der Waals surface area contributed by atoms with Crippen LogP contribution in [0.15, 0.2) is 23.8 Å². The Kier molecular flexibility index (Phi) is 3.09. The number of carbonyl (C=O) groups is 1. The predicted molar refractivity (Wildman–Crippen MR) is 49.8 cm³/mol. The number of hydrogen-bond acceptors (Lipinski definition) is 1. The summed E-state index contributed by atoms with van der Waals surface area (Å²) in [4.78, 5) is 12.5. The first-order valence-corrected chi connectivity index (χ1v) is 4.27. The van der Waals surface area contributed by atoms with Gasteiger partial charge in [-0.15, -0.1) is 0 Å². The van der Waals surface area contributed by atoms with Gasteiger partial charge in [-0.25, -0.2) is 0 Å². The molecule has 0 atom stereocenters. The quantitative estimate of drug-likeness (QED) is 0.610. The van der Waals surface area contributed by atoms with Crippen molar-refractivity contribution in [2.75, 3.05) is 13.6 Å². The highest BCUT2D eigenvalue weighted by Gasteiger charge is 2.01. The van der Waals surface area contributed by atoms with Gasteiger partial charge in [0.2, 0.25) is 5.91 Å². The number of likely N-dealkylation sites (N-methyl/N-ethyl adjacent to an activating group) is 1. The van der Waals surface area contributed by atoms with E-state index in [4.69, 9.17) is 0 Å². The van der Waals surface area contributed by atoms with Crippen molar-refractivity contribution in [1.82, 2.24) is 4.90 Å². The molecule has 0 saturated heterocycles. The normalized spacial score (nSPS) is 18.7.